The van der Waals surface area contributed by atoms with E-state index < -0.39 is 17.6 Å². The summed E-state index contributed by atoms with van der Waals surface area (Å²) in [7, 11) is 0. The van der Waals surface area contributed by atoms with Gasteiger partial charge in [0.15, 0.2) is 0 Å². The van der Waals surface area contributed by atoms with E-state index in [-0.39, 0.29) is 11.3 Å². The quantitative estimate of drug-likeness (QED) is 0.480. The summed E-state index contributed by atoms with van der Waals surface area (Å²) in [5.41, 5.74) is 4.11. The molecule has 5 nitrogen and oxygen atoms in total. The zero-order chi connectivity index (χ0) is 23.5. The van der Waals surface area contributed by atoms with E-state index >= 15 is 0 Å². The average Bonchev–Trinajstić information content (AvgIpc) is 3.02. The van der Waals surface area contributed by atoms with Crippen LogP contribution in [0, 0.1) is 19.7 Å². The van der Waals surface area contributed by atoms with Gasteiger partial charge < -0.3 is 10.1 Å². The van der Waals surface area contributed by atoms with E-state index in [2.05, 4.69) is 5.32 Å². The highest BCUT2D eigenvalue weighted by molar-refractivity contribution is 6.46. The number of hydrogen-bond donors (Lipinski definition) is 1. The average molecular weight is 445 g/mol. The first-order valence-electron chi connectivity index (χ1n) is 10.8. The summed E-state index contributed by atoms with van der Waals surface area (Å²) < 4.78 is 19.1. The van der Waals surface area contributed by atoms with E-state index in [1.807, 2.05) is 39.0 Å². The van der Waals surface area contributed by atoms with Crippen molar-refractivity contribution < 1.29 is 18.7 Å². The van der Waals surface area contributed by atoms with Crippen LogP contribution in [-0.4, -0.2) is 18.4 Å². The number of carbonyl (C=O) groups is 2. The lowest BCUT2D eigenvalue weighted by Gasteiger charge is -2.15. The number of amides is 2. The lowest BCUT2D eigenvalue weighted by atomic mass is 10.0. The SMILES string of the molecule is CCCOc1ccc(C2=C(Nc3cc(C)cc(C)c3)C(=O)N(c3ccc(F)cc3)C2=O)cc1. The van der Waals surface area contributed by atoms with Gasteiger partial charge in [0.25, 0.3) is 11.8 Å². The molecule has 0 radical (unpaired) electrons. The Morgan fingerprint density at radius 3 is 2.12 bits per heavy atom. The van der Waals surface area contributed by atoms with Gasteiger partial charge in [0.05, 0.1) is 17.9 Å². The summed E-state index contributed by atoms with van der Waals surface area (Å²) in [5, 5.41) is 3.17. The predicted molar refractivity (Wildman–Crippen MR) is 128 cm³/mol. The second-order valence-electron chi connectivity index (χ2n) is 8.05. The van der Waals surface area contributed by atoms with E-state index in [0.29, 0.717) is 29.3 Å². The third-order valence-electron chi connectivity index (χ3n) is 5.28. The topological polar surface area (TPSA) is 58.6 Å². The Morgan fingerprint density at radius 1 is 0.879 bits per heavy atom. The molecule has 0 atom stereocenters. The number of nitrogens with one attached hydrogen (secondary N) is 1. The third kappa shape index (κ3) is 4.65. The first-order chi connectivity index (χ1) is 15.9. The second kappa shape index (κ2) is 9.28. The number of halogens is 1. The van der Waals surface area contributed by atoms with Crippen molar-refractivity contribution in [1.82, 2.24) is 0 Å². The summed E-state index contributed by atoms with van der Waals surface area (Å²) in [6.45, 7) is 6.55. The molecule has 168 valence electrons. The number of imide groups is 1. The van der Waals surface area contributed by atoms with E-state index in [1.165, 1.54) is 24.3 Å². The fourth-order valence-corrected chi connectivity index (χ4v) is 3.87. The van der Waals surface area contributed by atoms with Gasteiger partial charge in [-0.2, -0.15) is 0 Å². The minimum atomic E-state index is -0.493. The molecule has 0 unspecified atom stereocenters. The van der Waals surface area contributed by atoms with Crippen LogP contribution in [0.25, 0.3) is 5.57 Å². The molecule has 1 N–H and O–H groups in total. The van der Waals surface area contributed by atoms with E-state index in [1.54, 1.807) is 24.3 Å². The van der Waals surface area contributed by atoms with Crippen molar-refractivity contribution in [2.45, 2.75) is 27.2 Å². The molecular formula is C27H25FN2O3. The van der Waals surface area contributed by atoms with Gasteiger partial charge in [-0.3, -0.25) is 9.59 Å². The zero-order valence-corrected chi connectivity index (χ0v) is 18.8. The summed E-state index contributed by atoms with van der Waals surface area (Å²) in [6, 6.07) is 18.3. The van der Waals surface area contributed by atoms with Gasteiger partial charge in [-0.1, -0.05) is 25.1 Å². The number of nitrogens with zero attached hydrogens (tertiary/aromatic N) is 1. The van der Waals surface area contributed by atoms with Crippen LogP contribution in [0.15, 0.2) is 72.4 Å². The number of ether oxygens (including phenoxy) is 1. The van der Waals surface area contributed by atoms with E-state index in [9.17, 15) is 14.0 Å². The van der Waals surface area contributed by atoms with Gasteiger partial charge in [-0.25, -0.2) is 9.29 Å². The summed E-state index contributed by atoms with van der Waals surface area (Å²) in [6.07, 6.45) is 0.885. The van der Waals surface area contributed by atoms with E-state index in [0.717, 1.165) is 22.4 Å². The van der Waals surface area contributed by atoms with Crippen LogP contribution in [0.1, 0.15) is 30.0 Å². The van der Waals surface area contributed by atoms with Crippen LogP contribution in [0.2, 0.25) is 0 Å². The lowest BCUT2D eigenvalue weighted by Crippen LogP contribution is -2.32. The first kappa shape index (κ1) is 22.3. The van der Waals surface area contributed by atoms with Crippen molar-refractivity contribution in [2.24, 2.45) is 0 Å². The maximum Gasteiger partial charge on any atom is 0.282 e. The van der Waals surface area contributed by atoms with E-state index in [4.69, 9.17) is 4.74 Å². The number of aryl methyl sites for hydroxylation is 2. The Kier molecular flexibility index (Phi) is 6.27. The lowest BCUT2D eigenvalue weighted by molar-refractivity contribution is -0.120. The fourth-order valence-electron chi connectivity index (χ4n) is 3.87. The van der Waals surface area contributed by atoms with Gasteiger partial charge in [0.1, 0.15) is 17.3 Å². The molecule has 0 aliphatic carbocycles. The Hall–Kier alpha value is -3.93. The normalized spacial score (nSPS) is 13.6. The first-order valence-corrected chi connectivity index (χ1v) is 10.8. The molecular weight excluding hydrogens is 419 g/mol. The summed E-state index contributed by atoms with van der Waals surface area (Å²) in [4.78, 5) is 28.0. The highest BCUT2D eigenvalue weighted by Crippen LogP contribution is 2.34. The second-order valence-corrected chi connectivity index (χ2v) is 8.05. The predicted octanol–water partition coefficient (Wildman–Crippen LogP) is 5.63. The van der Waals surface area contributed by atoms with Crippen LogP contribution in [0.3, 0.4) is 0 Å². The van der Waals surface area contributed by atoms with Crippen molar-refractivity contribution in [2.75, 3.05) is 16.8 Å². The molecule has 2 amide bonds. The molecule has 0 spiro atoms. The Bertz CT molecular complexity index is 1210. The zero-order valence-electron chi connectivity index (χ0n) is 18.8. The smallest absolute Gasteiger partial charge is 0.282 e. The molecule has 1 aliphatic heterocycles. The van der Waals surface area contributed by atoms with Gasteiger partial charge in [0, 0.05) is 5.69 Å². The largest absolute Gasteiger partial charge is 0.494 e. The maximum atomic E-state index is 13.5. The Morgan fingerprint density at radius 2 is 1.52 bits per heavy atom. The number of hydrogen-bond acceptors (Lipinski definition) is 4. The molecule has 0 fully saturated rings. The number of benzene rings is 3. The third-order valence-corrected chi connectivity index (χ3v) is 5.28. The van der Waals surface area contributed by atoms with Crippen molar-refractivity contribution in [3.8, 4) is 5.75 Å². The maximum absolute atomic E-state index is 13.5. The number of carbonyl (C=O) groups excluding carboxylic acids is 2. The number of anilines is 2. The Labute approximate surface area is 192 Å². The van der Waals surface area contributed by atoms with Crippen LogP contribution < -0.4 is 15.0 Å². The van der Waals surface area contributed by atoms with Gasteiger partial charge in [0.2, 0.25) is 0 Å². The van der Waals surface area contributed by atoms with Crippen molar-refractivity contribution in [3.05, 3.63) is 94.9 Å². The molecule has 0 aromatic heterocycles. The number of rotatable bonds is 7. The molecule has 0 bridgehead atoms. The van der Waals surface area contributed by atoms with Crippen molar-refractivity contribution in [1.29, 1.82) is 0 Å². The minimum Gasteiger partial charge on any atom is -0.494 e. The summed E-state index contributed by atoms with van der Waals surface area (Å²) in [5.74, 6) is -0.716. The van der Waals surface area contributed by atoms with Crippen LogP contribution >= 0.6 is 0 Å². The molecule has 6 heteroatoms. The summed E-state index contributed by atoms with van der Waals surface area (Å²) >= 11 is 0. The molecule has 1 heterocycles. The van der Waals surface area contributed by atoms with Gasteiger partial charge in [-0.15, -0.1) is 0 Å². The minimum absolute atomic E-state index is 0.177. The highest BCUT2D eigenvalue weighted by atomic mass is 19.1. The molecule has 1 aliphatic rings. The van der Waals surface area contributed by atoms with Gasteiger partial charge in [-0.05, 0) is 85.5 Å². The molecule has 33 heavy (non-hydrogen) atoms. The van der Waals surface area contributed by atoms with Crippen molar-refractivity contribution >= 4 is 28.8 Å². The molecule has 0 saturated carbocycles. The highest BCUT2D eigenvalue weighted by Gasteiger charge is 2.40. The molecule has 4 rings (SSSR count). The van der Waals surface area contributed by atoms with Crippen molar-refractivity contribution in [3.63, 3.8) is 0 Å². The molecule has 3 aromatic carbocycles. The monoisotopic (exact) mass is 444 g/mol. The fraction of sp³-hybridized carbons (Fsp3) is 0.185. The Balaban J connectivity index is 1.77. The van der Waals surface area contributed by atoms with Crippen LogP contribution in [0.5, 0.6) is 5.75 Å². The van der Waals surface area contributed by atoms with Crippen LogP contribution in [-0.2, 0) is 9.59 Å². The van der Waals surface area contributed by atoms with Crippen LogP contribution in [0.4, 0.5) is 15.8 Å². The van der Waals surface area contributed by atoms with Gasteiger partial charge >= 0.3 is 0 Å². The molecule has 3 aromatic rings. The molecule has 0 saturated heterocycles. The standard InChI is InChI=1S/C27H25FN2O3/c1-4-13-33-23-11-5-19(6-12-23)24-25(29-21-15-17(2)14-18(3)16-21)27(32)30(26(24)31)22-9-7-20(28)8-10-22/h5-12,14-16,29H,4,13H2,1-3H3.